The molecule has 1 aromatic rings. The normalized spacial score (nSPS) is 19.4. The zero-order chi connectivity index (χ0) is 19.6. The number of fused-ring (bicyclic) bond motifs is 1. The fourth-order valence-electron chi connectivity index (χ4n) is 3.90. The van der Waals surface area contributed by atoms with Crippen molar-refractivity contribution in [3.05, 3.63) is 41.4 Å². The summed E-state index contributed by atoms with van der Waals surface area (Å²) in [5, 5.41) is 3.53. The molecule has 144 valence electrons. The van der Waals surface area contributed by atoms with Gasteiger partial charge >= 0.3 is 0 Å². The number of carbonyl (C=O) groups excluding carboxylic acids is 3. The summed E-state index contributed by atoms with van der Waals surface area (Å²) < 4.78 is 0. The van der Waals surface area contributed by atoms with Crippen LogP contribution in [-0.2, 0) is 14.4 Å². The van der Waals surface area contributed by atoms with Gasteiger partial charge < -0.3 is 15.1 Å². The number of hydrogen-bond acceptors (Lipinski definition) is 3. The molecule has 1 fully saturated rings. The Hall–Kier alpha value is -2.34. The molecule has 0 bridgehead atoms. The van der Waals surface area contributed by atoms with Gasteiger partial charge in [0.1, 0.15) is 0 Å². The van der Waals surface area contributed by atoms with Crippen LogP contribution in [0.25, 0.3) is 0 Å². The third-order valence-corrected chi connectivity index (χ3v) is 5.70. The molecule has 0 aliphatic carbocycles. The fraction of sp³-hybridized carbons (Fsp3) is 0.450. The Kier molecular flexibility index (Phi) is 5.85. The lowest BCUT2D eigenvalue weighted by atomic mass is 9.80. The van der Waals surface area contributed by atoms with Gasteiger partial charge in [-0.15, -0.1) is 0 Å². The van der Waals surface area contributed by atoms with E-state index in [9.17, 15) is 14.4 Å². The molecule has 1 aromatic carbocycles. The summed E-state index contributed by atoms with van der Waals surface area (Å²) in [6.45, 7) is 5.09. The summed E-state index contributed by atoms with van der Waals surface area (Å²) in [7, 11) is 1.66. The quantitative estimate of drug-likeness (QED) is 0.787. The van der Waals surface area contributed by atoms with Crippen LogP contribution in [0.5, 0.6) is 0 Å². The van der Waals surface area contributed by atoms with Crippen molar-refractivity contribution in [2.45, 2.75) is 25.2 Å². The smallest absolute Gasteiger partial charge is 0.245 e. The van der Waals surface area contributed by atoms with Crippen molar-refractivity contribution >= 4 is 35.0 Å². The van der Waals surface area contributed by atoms with Crippen LogP contribution in [0.2, 0.25) is 5.02 Å². The molecule has 3 rings (SSSR count). The number of benzene rings is 1. The molecule has 1 unspecified atom stereocenters. The number of nitrogens with zero attached hydrogens (tertiary/aromatic N) is 2. The van der Waals surface area contributed by atoms with Gasteiger partial charge in [-0.1, -0.05) is 24.2 Å². The van der Waals surface area contributed by atoms with Crippen LogP contribution in [0.15, 0.2) is 30.9 Å². The number of amides is 3. The molecule has 2 heterocycles. The van der Waals surface area contributed by atoms with Crippen molar-refractivity contribution in [3.63, 3.8) is 0 Å². The van der Waals surface area contributed by atoms with E-state index in [1.54, 1.807) is 13.1 Å². The molecular weight excluding hydrogens is 366 g/mol. The second kappa shape index (κ2) is 8.13. The Morgan fingerprint density at radius 1 is 1.37 bits per heavy atom. The first kappa shape index (κ1) is 19.4. The lowest BCUT2D eigenvalue weighted by molar-refractivity contribution is -0.133. The van der Waals surface area contributed by atoms with Gasteiger partial charge in [0.2, 0.25) is 17.7 Å². The number of halogens is 1. The Morgan fingerprint density at radius 2 is 2.07 bits per heavy atom. The lowest BCUT2D eigenvalue weighted by Crippen LogP contribution is -2.41. The Balaban J connectivity index is 1.55. The van der Waals surface area contributed by atoms with Gasteiger partial charge in [0.15, 0.2) is 0 Å². The third-order valence-electron chi connectivity index (χ3n) is 5.47. The Bertz CT molecular complexity index is 772. The first-order chi connectivity index (χ1) is 12.9. The maximum atomic E-state index is 12.4. The largest absolute Gasteiger partial charge is 0.343 e. The van der Waals surface area contributed by atoms with Crippen LogP contribution in [-0.4, -0.2) is 54.2 Å². The van der Waals surface area contributed by atoms with Gasteiger partial charge in [0, 0.05) is 43.8 Å². The van der Waals surface area contributed by atoms with Crippen molar-refractivity contribution < 1.29 is 14.4 Å². The molecule has 1 saturated heterocycles. The first-order valence-corrected chi connectivity index (χ1v) is 9.54. The van der Waals surface area contributed by atoms with E-state index in [1.165, 1.54) is 11.0 Å². The summed E-state index contributed by atoms with van der Waals surface area (Å²) in [6.07, 6.45) is 3.11. The zero-order valence-electron chi connectivity index (χ0n) is 15.4. The van der Waals surface area contributed by atoms with Gasteiger partial charge in [0.25, 0.3) is 0 Å². The second-order valence-corrected chi connectivity index (χ2v) is 7.57. The molecule has 0 spiro atoms. The van der Waals surface area contributed by atoms with E-state index in [4.69, 9.17) is 11.6 Å². The maximum Gasteiger partial charge on any atom is 0.245 e. The average molecular weight is 390 g/mol. The highest BCUT2D eigenvalue weighted by Gasteiger charge is 2.38. The molecule has 0 radical (unpaired) electrons. The molecule has 0 saturated carbocycles. The minimum Gasteiger partial charge on any atom is -0.343 e. The van der Waals surface area contributed by atoms with Crippen LogP contribution in [0, 0.1) is 5.92 Å². The van der Waals surface area contributed by atoms with Gasteiger partial charge in [-0.3, -0.25) is 14.4 Å². The molecule has 2 aliphatic heterocycles. The molecule has 1 atom stereocenters. The van der Waals surface area contributed by atoms with Crippen molar-refractivity contribution in [1.82, 2.24) is 9.80 Å². The van der Waals surface area contributed by atoms with E-state index in [1.807, 2.05) is 17.0 Å². The summed E-state index contributed by atoms with van der Waals surface area (Å²) in [6, 6.07) is 5.52. The second-order valence-electron chi connectivity index (χ2n) is 7.13. The average Bonchev–Trinajstić information content (AvgIpc) is 2.99. The number of rotatable bonds is 5. The molecular formula is C20H24ClN3O3. The van der Waals surface area contributed by atoms with Gasteiger partial charge in [-0.05, 0) is 42.5 Å². The number of hydrogen-bond donors (Lipinski definition) is 1. The van der Waals surface area contributed by atoms with E-state index in [0.29, 0.717) is 31.1 Å². The Labute approximate surface area is 164 Å². The van der Waals surface area contributed by atoms with Crippen LogP contribution < -0.4 is 5.32 Å². The van der Waals surface area contributed by atoms with Crippen molar-refractivity contribution in [1.29, 1.82) is 0 Å². The predicted octanol–water partition coefficient (Wildman–Crippen LogP) is 2.65. The van der Waals surface area contributed by atoms with Gasteiger partial charge in [-0.2, -0.15) is 0 Å². The monoisotopic (exact) mass is 389 g/mol. The molecule has 6 nitrogen and oxygen atoms in total. The molecule has 1 N–H and O–H groups in total. The van der Waals surface area contributed by atoms with Crippen LogP contribution >= 0.6 is 11.6 Å². The molecule has 0 aromatic heterocycles. The third kappa shape index (κ3) is 4.16. The highest BCUT2D eigenvalue weighted by Crippen LogP contribution is 2.42. The van der Waals surface area contributed by atoms with Crippen molar-refractivity contribution in [3.8, 4) is 0 Å². The number of likely N-dealkylation sites (N-methyl/N-ethyl adjacent to an activating group) is 1. The standard InChI is InChI=1S/C20H24ClN3O3/c1-3-17(25)23(2)9-8-18(26)24-10-6-13(7-11-24)19-15-5-4-14(21)12-16(15)22-20(19)27/h3-5,12-13,19H,1,6-11H2,2H3,(H,22,27). The summed E-state index contributed by atoms with van der Waals surface area (Å²) in [4.78, 5) is 39.7. The highest BCUT2D eigenvalue weighted by atomic mass is 35.5. The summed E-state index contributed by atoms with van der Waals surface area (Å²) in [5.41, 5.74) is 1.80. The van der Waals surface area contributed by atoms with E-state index >= 15 is 0 Å². The molecule has 2 aliphatic rings. The van der Waals surface area contributed by atoms with E-state index in [0.717, 1.165) is 24.1 Å². The molecule has 27 heavy (non-hydrogen) atoms. The number of nitrogens with one attached hydrogen (secondary N) is 1. The minimum absolute atomic E-state index is 0.0154. The predicted molar refractivity (Wildman–Crippen MR) is 105 cm³/mol. The highest BCUT2D eigenvalue weighted by molar-refractivity contribution is 6.31. The van der Waals surface area contributed by atoms with E-state index < -0.39 is 0 Å². The topological polar surface area (TPSA) is 69.7 Å². The van der Waals surface area contributed by atoms with E-state index in [-0.39, 0.29) is 29.6 Å². The first-order valence-electron chi connectivity index (χ1n) is 9.16. The number of anilines is 1. The van der Waals surface area contributed by atoms with Crippen molar-refractivity contribution in [2.24, 2.45) is 5.92 Å². The molecule has 3 amide bonds. The lowest BCUT2D eigenvalue weighted by Gasteiger charge is -2.34. The van der Waals surface area contributed by atoms with Gasteiger partial charge in [0.05, 0.1) is 5.92 Å². The minimum atomic E-state index is -0.187. The van der Waals surface area contributed by atoms with Crippen LogP contribution in [0.4, 0.5) is 5.69 Å². The number of piperidine rings is 1. The Morgan fingerprint density at radius 3 is 2.74 bits per heavy atom. The number of likely N-dealkylation sites (tertiary alicyclic amines) is 1. The molecule has 7 heteroatoms. The fourth-order valence-corrected chi connectivity index (χ4v) is 4.07. The van der Waals surface area contributed by atoms with Gasteiger partial charge in [-0.25, -0.2) is 0 Å². The van der Waals surface area contributed by atoms with Crippen LogP contribution in [0.3, 0.4) is 0 Å². The maximum absolute atomic E-state index is 12.4. The summed E-state index contributed by atoms with van der Waals surface area (Å²) in [5.74, 6) is -0.0956. The zero-order valence-corrected chi connectivity index (χ0v) is 16.2. The number of carbonyl (C=O) groups is 3. The van der Waals surface area contributed by atoms with E-state index in [2.05, 4.69) is 11.9 Å². The summed E-state index contributed by atoms with van der Waals surface area (Å²) >= 11 is 6.01. The SMILES string of the molecule is C=CC(=O)N(C)CCC(=O)N1CCC(C2C(=O)Nc3cc(Cl)ccc32)CC1. The van der Waals surface area contributed by atoms with Crippen LogP contribution in [0.1, 0.15) is 30.7 Å². The van der Waals surface area contributed by atoms with Crippen molar-refractivity contribution in [2.75, 3.05) is 32.0 Å².